The van der Waals surface area contributed by atoms with Gasteiger partial charge < -0.3 is 9.64 Å². The van der Waals surface area contributed by atoms with Crippen molar-refractivity contribution in [2.24, 2.45) is 0 Å². The van der Waals surface area contributed by atoms with Gasteiger partial charge in [0.2, 0.25) is 0 Å². The smallest absolute Gasteiger partial charge is 0.146 e. The van der Waals surface area contributed by atoms with Crippen molar-refractivity contribution in [3.05, 3.63) is 29.3 Å². The van der Waals surface area contributed by atoms with Crippen molar-refractivity contribution in [3.63, 3.8) is 0 Å². The van der Waals surface area contributed by atoms with Crippen LogP contribution in [0, 0.1) is 23.0 Å². The van der Waals surface area contributed by atoms with Crippen LogP contribution in [0.1, 0.15) is 5.56 Å². The van der Waals surface area contributed by atoms with Gasteiger partial charge in [-0.05, 0) is 12.1 Å². The number of methoxy groups -OCH3 is 1. The fourth-order valence-corrected chi connectivity index (χ4v) is 1.65. The molecular weight excluding hydrogens is 214 g/mol. The van der Waals surface area contributed by atoms with Gasteiger partial charge in [-0.2, -0.15) is 5.26 Å². The minimum atomic E-state index is -0.821. The SMILES string of the molecule is COC1CN(c2cc(F)c(C#N)c(F)c2)C1. The largest absolute Gasteiger partial charge is 0.378 e. The summed E-state index contributed by atoms with van der Waals surface area (Å²) in [5, 5.41) is 8.52. The van der Waals surface area contributed by atoms with E-state index in [9.17, 15) is 8.78 Å². The fraction of sp³-hybridized carbons (Fsp3) is 0.364. The summed E-state index contributed by atoms with van der Waals surface area (Å²) in [5.74, 6) is -1.64. The van der Waals surface area contributed by atoms with E-state index in [0.29, 0.717) is 18.8 Å². The van der Waals surface area contributed by atoms with Crippen LogP contribution >= 0.6 is 0 Å². The van der Waals surface area contributed by atoms with Crippen LogP contribution in [0.2, 0.25) is 0 Å². The average molecular weight is 224 g/mol. The number of anilines is 1. The molecule has 1 saturated heterocycles. The summed E-state index contributed by atoms with van der Waals surface area (Å²) in [6.07, 6.45) is 0.113. The molecule has 0 atom stereocenters. The Balaban J connectivity index is 2.22. The molecule has 3 nitrogen and oxygen atoms in total. The Bertz CT molecular complexity index is 427. The number of hydrogen-bond acceptors (Lipinski definition) is 3. The number of nitriles is 1. The van der Waals surface area contributed by atoms with Gasteiger partial charge in [-0.1, -0.05) is 0 Å². The molecule has 0 N–H and O–H groups in total. The van der Waals surface area contributed by atoms with Crippen LogP contribution < -0.4 is 4.90 Å². The predicted octanol–water partition coefficient (Wildman–Crippen LogP) is 1.67. The lowest BCUT2D eigenvalue weighted by Gasteiger charge is -2.40. The average Bonchev–Trinajstić information content (AvgIpc) is 2.15. The highest BCUT2D eigenvalue weighted by atomic mass is 19.1. The third-order valence-electron chi connectivity index (χ3n) is 2.69. The fourth-order valence-electron chi connectivity index (χ4n) is 1.65. The third kappa shape index (κ3) is 1.72. The summed E-state index contributed by atoms with van der Waals surface area (Å²) in [4.78, 5) is 1.79. The van der Waals surface area contributed by atoms with Gasteiger partial charge in [0.1, 0.15) is 23.3 Å². The third-order valence-corrected chi connectivity index (χ3v) is 2.69. The number of nitrogens with zero attached hydrogens (tertiary/aromatic N) is 2. The van der Waals surface area contributed by atoms with Crippen molar-refractivity contribution in [3.8, 4) is 6.07 Å². The maximum Gasteiger partial charge on any atom is 0.146 e. The molecule has 0 aliphatic carbocycles. The molecule has 1 aromatic rings. The molecule has 1 fully saturated rings. The second kappa shape index (κ2) is 4.06. The molecule has 0 unspecified atom stereocenters. The van der Waals surface area contributed by atoms with Crippen LogP contribution in [0.4, 0.5) is 14.5 Å². The van der Waals surface area contributed by atoms with Gasteiger partial charge >= 0.3 is 0 Å². The van der Waals surface area contributed by atoms with Crippen molar-refractivity contribution >= 4 is 5.69 Å². The van der Waals surface area contributed by atoms with Gasteiger partial charge in [0.05, 0.1) is 6.10 Å². The Labute approximate surface area is 91.8 Å². The summed E-state index contributed by atoms with van der Waals surface area (Å²) in [6, 6.07) is 3.84. The van der Waals surface area contributed by atoms with E-state index in [-0.39, 0.29) is 6.10 Å². The molecule has 0 saturated carbocycles. The first-order valence-electron chi connectivity index (χ1n) is 4.82. The maximum absolute atomic E-state index is 13.3. The molecule has 1 aliphatic rings. The van der Waals surface area contributed by atoms with Crippen molar-refractivity contribution in [2.45, 2.75) is 6.10 Å². The second-order valence-electron chi connectivity index (χ2n) is 3.66. The summed E-state index contributed by atoms with van der Waals surface area (Å²) in [6.45, 7) is 1.22. The minimum absolute atomic E-state index is 0.113. The Kier molecular flexibility index (Phi) is 2.75. The topological polar surface area (TPSA) is 36.3 Å². The highest BCUT2D eigenvalue weighted by Gasteiger charge is 2.27. The van der Waals surface area contributed by atoms with Crippen molar-refractivity contribution < 1.29 is 13.5 Å². The highest BCUT2D eigenvalue weighted by Crippen LogP contribution is 2.26. The van der Waals surface area contributed by atoms with E-state index in [0.717, 1.165) is 0 Å². The zero-order chi connectivity index (χ0) is 11.7. The standard InChI is InChI=1S/C11H10F2N2O/c1-16-8-5-15(6-8)7-2-10(12)9(4-14)11(13)3-7/h2-3,8H,5-6H2,1H3. The molecule has 1 aromatic carbocycles. The van der Waals surface area contributed by atoms with Crippen LogP contribution in [0.15, 0.2) is 12.1 Å². The lowest BCUT2D eigenvalue weighted by atomic mass is 10.1. The summed E-state index contributed by atoms with van der Waals surface area (Å²) < 4.78 is 31.6. The van der Waals surface area contributed by atoms with E-state index < -0.39 is 17.2 Å². The van der Waals surface area contributed by atoms with Crippen molar-refractivity contribution in [1.82, 2.24) is 0 Å². The molecule has 0 radical (unpaired) electrons. The number of halogens is 2. The Morgan fingerprint density at radius 2 is 1.94 bits per heavy atom. The first-order valence-corrected chi connectivity index (χ1v) is 4.82. The normalized spacial score (nSPS) is 15.8. The first-order chi connectivity index (χ1) is 7.65. The summed E-state index contributed by atoms with van der Waals surface area (Å²) >= 11 is 0. The van der Waals surface area contributed by atoms with E-state index in [1.807, 2.05) is 0 Å². The van der Waals surface area contributed by atoms with Gasteiger partial charge in [0.25, 0.3) is 0 Å². The van der Waals surface area contributed by atoms with Gasteiger partial charge in [0, 0.05) is 25.9 Å². The van der Waals surface area contributed by atoms with E-state index in [4.69, 9.17) is 10.00 Å². The monoisotopic (exact) mass is 224 g/mol. The minimum Gasteiger partial charge on any atom is -0.378 e. The summed E-state index contributed by atoms with van der Waals surface area (Å²) in [5.41, 5.74) is -0.0881. The molecule has 0 aromatic heterocycles. The summed E-state index contributed by atoms with van der Waals surface area (Å²) in [7, 11) is 1.60. The molecule has 84 valence electrons. The van der Waals surface area contributed by atoms with Gasteiger partial charge in [-0.25, -0.2) is 8.78 Å². The molecule has 1 aliphatic heterocycles. The number of ether oxygens (including phenoxy) is 1. The Hall–Kier alpha value is -1.67. The molecule has 16 heavy (non-hydrogen) atoms. The zero-order valence-corrected chi connectivity index (χ0v) is 8.70. The number of benzene rings is 1. The van der Waals surface area contributed by atoms with Gasteiger partial charge in [0.15, 0.2) is 0 Å². The quantitative estimate of drug-likeness (QED) is 0.766. The molecule has 5 heteroatoms. The first kappa shape index (κ1) is 10.8. The molecule has 0 spiro atoms. The molecule has 2 rings (SSSR count). The van der Waals surface area contributed by atoms with Gasteiger partial charge in [-0.15, -0.1) is 0 Å². The number of hydrogen-bond donors (Lipinski definition) is 0. The predicted molar refractivity (Wildman–Crippen MR) is 54.1 cm³/mol. The highest BCUT2D eigenvalue weighted by molar-refractivity contribution is 5.53. The van der Waals surface area contributed by atoms with E-state index in [1.165, 1.54) is 18.2 Å². The lowest BCUT2D eigenvalue weighted by Crippen LogP contribution is -2.52. The Morgan fingerprint density at radius 3 is 2.38 bits per heavy atom. The molecule has 0 bridgehead atoms. The van der Waals surface area contributed by atoms with Crippen LogP contribution in [0.5, 0.6) is 0 Å². The van der Waals surface area contributed by atoms with Crippen LogP contribution in [0.25, 0.3) is 0 Å². The van der Waals surface area contributed by atoms with Crippen molar-refractivity contribution in [1.29, 1.82) is 5.26 Å². The zero-order valence-electron chi connectivity index (χ0n) is 8.70. The second-order valence-corrected chi connectivity index (χ2v) is 3.66. The van der Waals surface area contributed by atoms with Crippen LogP contribution in [-0.2, 0) is 4.74 Å². The van der Waals surface area contributed by atoms with E-state index >= 15 is 0 Å². The lowest BCUT2D eigenvalue weighted by molar-refractivity contribution is 0.0787. The van der Waals surface area contributed by atoms with Crippen molar-refractivity contribution in [2.75, 3.05) is 25.1 Å². The Morgan fingerprint density at radius 1 is 1.38 bits per heavy atom. The molecule has 0 amide bonds. The van der Waals surface area contributed by atoms with Crippen LogP contribution in [-0.4, -0.2) is 26.3 Å². The van der Waals surface area contributed by atoms with Crippen LogP contribution in [0.3, 0.4) is 0 Å². The van der Waals surface area contributed by atoms with E-state index in [1.54, 1.807) is 12.0 Å². The maximum atomic E-state index is 13.3. The molecule has 1 heterocycles. The number of rotatable bonds is 2. The molecular formula is C11H10F2N2O. The van der Waals surface area contributed by atoms with Gasteiger partial charge in [-0.3, -0.25) is 0 Å². The van der Waals surface area contributed by atoms with E-state index in [2.05, 4.69) is 0 Å².